The summed E-state index contributed by atoms with van der Waals surface area (Å²) in [5, 5.41) is 17.8. The van der Waals surface area contributed by atoms with Crippen molar-refractivity contribution in [1.82, 2.24) is 15.3 Å². The second kappa shape index (κ2) is 10.7. The summed E-state index contributed by atoms with van der Waals surface area (Å²) in [6, 6.07) is 7.81. The molecule has 2 rings (SSSR count). The first-order valence-corrected chi connectivity index (χ1v) is 12.0. The summed E-state index contributed by atoms with van der Waals surface area (Å²) in [5.74, 6) is 0.728. The highest BCUT2D eigenvalue weighted by molar-refractivity contribution is 7.91. The molecule has 0 saturated heterocycles. The summed E-state index contributed by atoms with van der Waals surface area (Å²) in [4.78, 5) is 20.9. The zero-order chi connectivity index (χ0) is 23.9. The number of aliphatic hydroxyl groups is 1. The predicted molar refractivity (Wildman–Crippen MR) is 124 cm³/mol. The van der Waals surface area contributed by atoms with Gasteiger partial charge >= 0.3 is 6.03 Å². The zero-order valence-electron chi connectivity index (χ0n) is 19.0. The smallest absolute Gasteiger partial charge is 0.319 e. The molecule has 2 amide bonds. The Labute approximate surface area is 188 Å². The number of carbonyl (C=O) groups excluding carboxylic acids is 1. The molecule has 0 aliphatic rings. The van der Waals surface area contributed by atoms with Gasteiger partial charge in [-0.15, -0.1) is 0 Å². The van der Waals surface area contributed by atoms with Gasteiger partial charge < -0.3 is 25.8 Å². The number of urea groups is 1. The van der Waals surface area contributed by atoms with Gasteiger partial charge in [-0.05, 0) is 45.0 Å². The van der Waals surface area contributed by atoms with E-state index in [1.54, 1.807) is 58.2 Å². The second-order valence-electron chi connectivity index (χ2n) is 7.92. The van der Waals surface area contributed by atoms with E-state index in [0.717, 1.165) is 6.26 Å². The zero-order valence-corrected chi connectivity index (χ0v) is 19.8. The van der Waals surface area contributed by atoms with Gasteiger partial charge in [-0.3, -0.25) is 0 Å². The molecule has 0 saturated carbocycles. The third kappa shape index (κ3) is 6.62. The van der Waals surface area contributed by atoms with E-state index in [1.807, 2.05) is 0 Å². The number of aromatic nitrogens is 2. The second-order valence-corrected chi connectivity index (χ2v) is 10.5. The van der Waals surface area contributed by atoms with Crippen LogP contribution in [0.4, 0.5) is 16.3 Å². The summed E-state index contributed by atoms with van der Waals surface area (Å²) in [5.41, 5.74) is 1.54. The fourth-order valence-electron chi connectivity index (χ4n) is 2.59. The minimum Gasteiger partial charge on any atom is -0.394 e. The first-order chi connectivity index (χ1) is 15.0. The fraction of sp³-hybridized carbons (Fsp3) is 0.476. The Morgan fingerprint density at radius 2 is 1.88 bits per heavy atom. The van der Waals surface area contributed by atoms with Crippen molar-refractivity contribution in [3.63, 3.8) is 0 Å². The molecular weight excluding hydrogens is 434 g/mol. The molecule has 0 fully saturated rings. The number of nitrogens with zero attached hydrogens (tertiary/aromatic N) is 2. The van der Waals surface area contributed by atoms with Crippen LogP contribution in [0.25, 0.3) is 11.4 Å². The molecule has 2 aromatic rings. The van der Waals surface area contributed by atoms with E-state index in [-0.39, 0.29) is 18.7 Å². The lowest BCUT2D eigenvalue weighted by molar-refractivity contribution is 0.198. The van der Waals surface area contributed by atoms with Crippen molar-refractivity contribution in [2.45, 2.75) is 31.6 Å². The molecule has 0 aliphatic heterocycles. The fourth-order valence-corrected chi connectivity index (χ4v) is 3.08. The average Bonchev–Trinajstić information content (AvgIpc) is 2.73. The van der Waals surface area contributed by atoms with E-state index in [9.17, 15) is 18.3 Å². The highest BCUT2D eigenvalue weighted by atomic mass is 32.2. The summed E-state index contributed by atoms with van der Waals surface area (Å²) in [6.07, 6.45) is 1.16. The van der Waals surface area contributed by atoms with E-state index in [2.05, 4.69) is 25.9 Å². The molecule has 1 atom stereocenters. The largest absolute Gasteiger partial charge is 0.394 e. The molecule has 0 radical (unpaired) electrons. The van der Waals surface area contributed by atoms with Crippen LogP contribution in [0.1, 0.15) is 26.5 Å². The highest BCUT2D eigenvalue weighted by Gasteiger charge is 2.35. The molecule has 0 spiro atoms. The number of hydrogen-bond donors (Lipinski definition) is 4. The Bertz CT molecular complexity index is 1030. The van der Waals surface area contributed by atoms with E-state index < -0.39 is 14.6 Å². The summed E-state index contributed by atoms with van der Waals surface area (Å²) in [7, 11) is -1.91. The molecule has 0 bridgehead atoms. The van der Waals surface area contributed by atoms with E-state index in [0.29, 0.717) is 41.7 Å². The van der Waals surface area contributed by atoms with Crippen molar-refractivity contribution in [1.29, 1.82) is 0 Å². The summed E-state index contributed by atoms with van der Waals surface area (Å²) < 4.78 is 28.4. The van der Waals surface area contributed by atoms with Crippen LogP contribution >= 0.6 is 0 Å². The number of carbonyl (C=O) groups is 1. The Morgan fingerprint density at radius 1 is 1.22 bits per heavy atom. The molecule has 0 unspecified atom stereocenters. The minimum atomic E-state index is -3.47. The molecular formula is C21H31N5O5S. The van der Waals surface area contributed by atoms with Gasteiger partial charge in [-0.2, -0.15) is 0 Å². The maximum Gasteiger partial charge on any atom is 0.319 e. The van der Waals surface area contributed by atoms with Crippen molar-refractivity contribution < 1.29 is 23.1 Å². The third-order valence-electron chi connectivity index (χ3n) is 4.93. The quantitative estimate of drug-likeness (QED) is 0.390. The molecule has 1 heterocycles. The highest BCUT2D eigenvalue weighted by Crippen LogP contribution is 2.31. The van der Waals surface area contributed by atoms with Gasteiger partial charge in [0.05, 0.1) is 18.9 Å². The predicted octanol–water partition coefficient (Wildman–Crippen LogP) is 1.98. The maximum atomic E-state index is 12.4. The minimum absolute atomic E-state index is 0.114. The molecule has 1 aromatic heterocycles. The first kappa shape index (κ1) is 25.5. The van der Waals surface area contributed by atoms with Gasteiger partial charge in [-0.1, -0.05) is 0 Å². The number of benzene rings is 1. The van der Waals surface area contributed by atoms with Crippen molar-refractivity contribution >= 4 is 27.4 Å². The van der Waals surface area contributed by atoms with E-state index in [1.165, 1.54) is 0 Å². The number of methoxy groups -OCH3 is 1. The third-order valence-corrected chi connectivity index (χ3v) is 6.99. The van der Waals surface area contributed by atoms with Gasteiger partial charge in [0.25, 0.3) is 0 Å². The maximum absolute atomic E-state index is 12.4. The average molecular weight is 466 g/mol. The number of nitrogens with one attached hydrogen (secondary N) is 3. The van der Waals surface area contributed by atoms with Gasteiger partial charge in [-0.25, -0.2) is 23.2 Å². The van der Waals surface area contributed by atoms with Crippen LogP contribution in [0.15, 0.2) is 30.3 Å². The molecule has 11 heteroatoms. The van der Waals surface area contributed by atoms with Crippen LogP contribution < -0.4 is 16.0 Å². The molecule has 176 valence electrons. The van der Waals surface area contributed by atoms with Crippen molar-refractivity contribution in [3.05, 3.63) is 36.0 Å². The van der Waals surface area contributed by atoms with Crippen LogP contribution in [0.2, 0.25) is 0 Å². The Morgan fingerprint density at radius 3 is 2.44 bits per heavy atom. The monoisotopic (exact) mass is 465 g/mol. The number of ether oxygens (including phenoxy) is 1. The van der Waals surface area contributed by atoms with Crippen molar-refractivity contribution in [2.24, 2.45) is 0 Å². The first-order valence-electron chi connectivity index (χ1n) is 10.1. The number of sulfone groups is 1. The van der Waals surface area contributed by atoms with Crippen molar-refractivity contribution in [2.75, 3.05) is 43.8 Å². The number of anilines is 2. The lowest BCUT2D eigenvalue weighted by Gasteiger charge is -2.23. The van der Waals surface area contributed by atoms with E-state index >= 15 is 0 Å². The summed E-state index contributed by atoms with van der Waals surface area (Å²) in [6.45, 7) is 5.64. The van der Waals surface area contributed by atoms with Gasteiger partial charge in [0.15, 0.2) is 15.7 Å². The van der Waals surface area contributed by atoms with Crippen molar-refractivity contribution in [3.8, 4) is 11.4 Å². The molecule has 4 N–H and O–H groups in total. The van der Waals surface area contributed by atoms with Crippen LogP contribution in [0.3, 0.4) is 0 Å². The molecule has 1 aromatic carbocycles. The van der Waals surface area contributed by atoms with Crippen LogP contribution in [0, 0.1) is 0 Å². The SMILES string of the molecule is COCCNC(=O)Nc1ccc(-c2nc(N[C@@H](C)CO)cc(C(C)(C)S(C)(=O)=O)n2)cc1. The van der Waals surface area contributed by atoms with Gasteiger partial charge in [0, 0.05) is 43.3 Å². The van der Waals surface area contributed by atoms with Gasteiger partial charge in [0.1, 0.15) is 10.6 Å². The van der Waals surface area contributed by atoms with E-state index in [4.69, 9.17) is 4.74 Å². The van der Waals surface area contributed by atoms with Gasteiger partial charge in [0.2, 0.25) is 0 Å². The number of rotatable bonds is 10. The molecule has 10 nitrogen and oxygen atoms in total. The normalized spacial score (nSPS) is 12.8. The lowest BCUT2D eigenvalue weighted by Crippen LogP contribution is -2.31. The Kier molecular flexibility index (Phi) is 8.53. The van der Waals surface area contributed by atoms with Crippen LogP contribution in [-0.2, 0) is 19.3 Å². The Hall–Kier alpha value is -2.76. The number of aliphatic hydroxyl groups excluding tert-OH is 1. The Balaban J connectivity index is 2.36. The molecule has 0 aliphatic carbocycles. The van der Waals surface area contributed by atoms with Crippen LogP contribution in [-0.4, -0.2) is 68.7 Å². The van der Waals surface area contributed by atoms with Crippen LogP contribution in [0.5, 0.6) is 0 Å². The number of hydrogen-bond acceptors (Lipinski definition) is 8. The topological polar surface area (TPSA) is 143 Å². The number of amides is 2. The summed E-state index contributed by atoms with van der Waals surface area (Å²) >= 11 is 0. The lowest BCUT2D eigenvalue weighted by atomic mass is 10.1. The standard InChI is InChI=1S/C21H31N5O5S/c1-14(13-27)23-18-12-17(21(2,3)32(5,29)30)25-19(26-18)15-6-8-16(9-7-15)24-20(28)22-10-11-31-4/h6-9,12,14,27H,10-11,13H2,1-5H3,(H2,22,24,28)(H,23,25,26)/t14-/m0/s1. The molecule has 32 heavy (non-hydrogen) atoms.